The Hall–Kier alpha value is -1.38. The average Bonchev–Trinajstić information content (AvgIpc) is 2.30. The van der Waals surface area contributed by atoms with Gasteiger partial charge in [-0.1, -0.05) is 18.2 Å². The molecule has 2 nitrogen and oxygen atoms in total. The van der Waals surface area contributed by atoms with E-state index in [0.29, 0.717) is 25.0 Å². The quantitative estimate of drug-likeness (QED) is 0.560. The summed E-state index contributed by atoms with van der Waals surface area (Å²) in [7, 11) is 0. The molecular formula is C14H19FO2. The normalized spacial score (nSPS) is 10.3. The number of ether oxygens (including phenoxy) is 1. The van der Waals surface area contributed by atoms with Gasteiger partial charge in [0, 0.05) is 6.42 Å². The third kappa shape index (κ3) is 4.55. The number of hydrogen-bond acceptors (Lipinski definition) is 2. The van der Waals surface area contributed by atoms with Gasteiger partial charge in [-0.2, -0.15) is 0 Å². The minimum Gasteiger partial charge on any atom is -0.466 e. The van der Waals surface area contributed by atoms with Crippen LogP contribution in [0.3, 0.4) is 0 Å². The van der Waals surface area contributed by atoms with Gasteiger partial charge in [-0.05, 0) is 44.2 Å². The molecule has 0 aliphatic rings. The molecule has 0 radical (unpaired) electrons. The second kappa shape index (κ2) is 7.05. The highest BCUT2D eigenvalue weighted by Crippen LogP contribution is 2.14. The molecule has 0 fully saturated rings. The number of esters is 1. The number of halogens is 1. The summed E-state index contributed by atoms with van der Waals surface area (Å²) < 4.78 is 18.4. The SMILES string of the molecule is CCOC(=O)CCCCc1cccc(C)c1F. The number of carbonyl (C=O) groups excluding carboxylic acids is 1. The van der Waals surface area contributed by atoms with Crippen LogP contribution in [0.5, 0.6) is 0 Å². The largest absolute Gasteiger partial charge is 0.466 e. The van der Waals surface area contributed by atoms with Crippen molar-refractivity contribution in [3.63, 3.8) is 0 Å². The fraction of sp³-hybridized carbons (Fsp3) is 0.500. The van der Waals surface area contributed by atoms with Crippen molar-refractivity contribution in [1.29, 1.82) is 0 Å². The zero-order chi connectivity index (χ0) is 12.7. The van der Waals surface area contributed by atoms with E-state index in [9.17, 15) is 9.18 Å². The molecule has 17 heavy (non-hydrogen) atoms. The third-order valence-electron chi connectivity index (χ3n) is 2.65. The Balaban J connectivity index is 2.31. The van der Waals surface area contributed by atoms with E-state index in [1.54, 1.807) is 26.0 Å². The maximum absolute atomic E-state index is 13.6. The first-order chi connectivity index (χ1) is 8.15. The van der Waals surface area contributed by atoms with Gasteiger partial charge in [-0.3, -0.25) is 4.79 Å². The van der Waals surface area contributed by atoms with Crippen LogP contribution in [0.25, 0.3) is 0 Å². The summed E-state index contributed by atoms with van der Waals surface area (Å²) in [5.74, 6) is -0.291. The molecule has 0 unspecified atom stereocenters. The van der Waals surface area contributed by atoms with Crippen LogP contribution in [0.1, 0.15) is 37.3 Å². The molecule has 0 atom stereocenters. The predicted octanol–water partition coefficient (Wildman–Crippen LogP) is 3.41. The van der Waals surface area contributed by atoms with Crippen LogP contribution < -0.4 is 0 Å². The fourth-order valence-electron chi connectivity index (χ4n) is 1.72. The van der Waals surface area contributed by atoms with E-state index in [2.05, 4.69) is 0 Å². The number of unbranched alkanes of at least 4 members (excludes halogenated alkanes) is 1. The topological polar surface area (TPSA) is 26.3 Å². The molecule has 3 heteroatoms. The van der Waals surface area contributed by atoms with Crippen molar-refractivity contribution in [3.05, 3.63) is 35.1 Å². The number of benzene rings is 1. The van der Waals surface area contributed by atoms with E-state index < -0.39 is 0 Å². The minimum absolute atomic E-state index is 0.122. The van der Waals surface area contributed by atoms with Gasteiger partial charge in [0.15, 0.2) is 0 Å². The third-order valence-corrected chi connectivity index (χ3v) is 2.65. The van der Waals surface area contributed by atoms with Gasteiger partial charge in [-0.15, -0.1) is 0 Å². The molecule has 0 heterocycles. The van der Waals surface area contributed by atoms with Crippen LogP contribution in [-0.4, -0.2) is 12.6 Å². The summed E-state index contributed by atoms with van der Waals surface area (Å²) >= 11 is 0. The van der Waals surface area contributed by atoms with Crippen molar-refractivity contribution in [2.75, 3.05) is 6.61 Å². The summed E-state index contributed by atoms with van der Waals surface area (Å²) in [5, 5.41) is 0. The van der Waals surface area contributed by atoms with E-state index in [1.165, 1.54) is 0 Å². The van der Waals surface area contributed by atoms with Crippen molar-refractivity contribution < 1.29 is 13.9 Å². The Morgan fingerprint density at radius 1 is 1.35 bits per heavy atom. The first-order valence-electron chi connectivity index (χ1n) is 6.04. The molecule has 94 valence electrons. The standard InChI is InChI=1S/C14H19FO2/c1-3-17-13(16)10-5-4-8-12-9-6-7-11(2)14(12)15/h6-7,9H,3-5,8,10H2,1-2H3. The summed E-state index contributed by atoms with van der Waals surface area (Å²) in [4.78, 5) is 11.1. The van der Waals surface area contributed by atoms with Crippen LogP contribution in [0.4, 0.5) is 4.39 Å². The first kappa shape index (κ1) is 13.7. The zero-order valence-corrected chi connectivity index (χ0v) is 10.5. The van der Waals surface area contributed by atoms with E-state index in [-0.39, 0.29) is 11.8 Å². The minimum atomic E-state index is -0.169. The number of rotatable bonds is 6. The highest BCUT2D eigenvalue weighted by Gasteiger charge is 2.05. The molecule has 1 rings (SSSR count). The zero-order valence-electron chi connectivity index (χ0n) is 10.5. The predicted molar refractivity (Wildman–Crippen MR) is 65.3 cm³/mol. The van der Waals surface area contributed by atoms with Crippen LogP contribution in [0.15, 0.2) is 18.2 Å². The van der Waals surface area contributed by atoms with Gasteiger partial charge in [0.2, 0.25) is 0 Å². The van der Waals surface area contributed by atoms with E-state index >= 15 is 0 Å². The lowest BCUT2D eigenvalue weighted by atomic mass is 10.0. The van der Waals surface area contributed by atoms with Crippen molar-refractivity contribution in [2.45, 2.75) is 39.5 Å². The first-order valence-corrected chi connectivity index (χ1v) is 6.04. The molecule has 1 aromatic rings. The molecule has 0 aliphatic heterocycles. The molecular weight excluding hydrogens is 219 g/mol. The molecule has 0 bridgehead atoms. The molecule has 0 aromatic heterocycles. The second-order valence-electron chi connectivity index (χ2n) is 4.06. The highest BCUT2D eigenvalue weighted by molar-refractivity contribution is 5.69. The van der Waals surface area contributed by atoms with Gasteiger partial charge < -0.3 is 4.74 Å². The van der Waals surface area contributed by atoms with E-state index in [1.807, 2.05) is 6.07 Å². The van der Waals surface area contributed by atoms with Crippen LogP contribution >= 0.6 is 0 Å². The lowest BCUT2D eigenvalue weighted by Gasteiger charge is -2.05. The monoisotopic (exact) mass is 238 g/mol. The van der Waals surface area contributed by atoms with Crippen molar-refractivity contribution in [1.82, 2.24) is 0 Å². The lowest BCUT2D eigenvalue weighted by molar-refractivity contribution is -0.143. The Morgan fingerprint density at radius 2 is 2.12 bits per heavy atom. The molecule has 0 N–H and O–H groups in total. The number of carbonyl (C=O) groups is 1. The average molecular weight is 238 g/mol. The fourth-order valence-corrected chi connectivity index (χ4v) is 1.72. The van der Waals surface area contributed by atoms with Gasteiger partial charge in [-0.25, -0.2) is 4.39 Å². The Kier molecular flexibility index (Phi) is 5.67. The Bertz CT molecular complexity index is 374. The van der Waals surface area contributed by atoms with Gasteiger partial charge >= 0.3 is 5.97 Å². The Labute approximate surface area is 102 Å². The Morgan fingerprint density at radius 3 is 2.82 bits per heavy atom. The van der Waals surface area contributed by atoms with E-state index in [4.69, 9.17) is 4.74 Å². The summed E-state index contributed by atoms with van der Waals surface area (Å²) in [6, 6.07) is 5.42. The lowest BCUT2D eigenvalue weighted by Crippen LogP contribution is -2.03. The molecule has 0 spiro atoms. The van der Waals surface area contributed by atoms with Crippen molar-refractivity contribution in [3.8, 4) is 0 Å². The maximum atomic E-state index is 13.6. The number of hydrogen-bond donors (Lipinski definition) is 0. The molecule has 0 saturated carbocycles. The van der Waals surface area contributed by atoms with Gasteiger partial charge in [0.1, 0.15) is 5.82 Å². The molecule has 1 aromatic carbocycles. The summed E-state index contributed by atoms with van der Waals surface area (Å²) in [6.45, 7) is 3.98. The van der Waals surface area contributed by atoms with Crippen LogP contribution in [-0.2, 0) is 16.0 Å². The van der Waals surface area contributed by atoms with Crippen LogP contribution in [0, 0.1) is 12.7 Å². The number of aryl methyl sites for hydroxylation is 2. The second-order valence-corrected chi connectivity index (χ2v) is 4.06. The highest BCUT2D eigenvalue weighted by atomic mass is 19.1. The molecule has 0 amide bonds. The summed E-state index contributed by atoms with van der Waals surface area (Å²) in [6.07, 6.45) is 2.64. The maximum Gasteiger partial charge on any atom is 0.305 e. The molecule has 0 saturated heterocycles. The van der Waals surface area contributed by atoms with Crippen molar-refractivity contribution in [2.24, 2.45) is 0 Å². The summed E-state index contributed by atoms with van der Waals surface area (Å²) in [5.41, 5.74) is 1.40. The van der Waals surface area contributed by atoms with Gasteiger partial charge in [0.25, 0.3) is 0 Å². The molecule has 0 aliphatic carbocycles. The van der Waals surface area contributed by atoms with E-state index in [0.717, 1.165) is 18.4 Å². The smallest absolute Gasteiger partial charge is 0.305 e. The van der Waals surface area contributed by atoms with Gasteiger partial charge in [0.05, 0.1) is 6.61 Å². The van der Waals surface area contributed by atoms with Crippen LogP contribution in [0.2, 0.25) is 0 Å². The van der Waals surface area contributed by atoms with Crippen molar-refractivity contribution >= 4 is 5.97 Å².